The number of aliphatic hydroxyl groups excluding tert-OH is 1. The van der Waals surface area contributed by atoms with Crippen LogP contribution in [-0.4, -0.2) is 41.5 Å². The zero-order valence-electron chi connectivity index (χ0n) is 12.3. The molecule has 1 aliphatic heterocycles. The first-order valence-electron chi connectivity index (χ1n) is 8.25. The molecule has 0 bridgehead atoms. The van der Waals surface area contributed by atoms with Crippen LogP contribution < -0.4 is 0 Å². The molecule has 1 unspecified atom stereocenters. The summed E-state index contributed by atoms with van der Waals surface area (Å²) >= 11 is 4.70. The molecule has 2 rings (SSSR count). The average molecular weight is 285 g/mol. The lowest BCUT2D eigenvalue weighted by Gasteiger charge is -2.43. The van der Waals surface area contributed by atoms with E-state index in [2.05, 4.69) is 4.90 Å². The molecule has 0 aromatic heterocycles. The Morgan fingerprint density at radius 3 is 2.42 bits per heavy atom. The van der Waals surface area contributed by atoms with Gasteiger partial charge in [-0.25, -0.2) is 0 Å². The third-order valence-corrected chi connectivity index (χ3v) is 5.92. The van der Waals surface area contributed by atoms with E-state index in [1.165, 1.54) is 70.9 Å². The van der Waals surface area contributed by atoms with Gasteiger partial charge >= 0.3 is 0 Å². The maximum absolute atomic E-state index is 9.27. The molecule has 0 radical (unpaired) electrons. The van der Waals surface area contributed by atoms with E-state index < -0.39 is 0 Å². The van der Waals surface area contributed by atoms with Crippen molar-refractivity contribution in [3.8, 4) is 0 Å². The highest BCUT2D eigenvalue weighted by Crippen LogP contribution is 2.38. The Labute approximate surface area is 124 Å². The molecule has 1 heterocycles. The van der Waals surface area contributed by atoms with E-state index in [9.17, 15) is 5.11 Å². The number of aliphatic hydroxyl groups is 1. The van der Waals surface area contributed by atoms with Crippen LogP contribution in [0.4, 0.5) is 0 Å². The average Bonchev–Trinajstić information content (AvgIpc) is 2.68. The Morgan fingerprint density at radius 1 is 1.05 bits per heavy atom. The predicted molar refractivity (Wildman–Crippen MR) is 84.9 cm³/mol. The van der Waals surface area contributed by atoms with Crippen LogP contribution in [0, 0.1) is 5.41 Å². The molecule has 1 aliphatic carbocycles. The van der Waals surface area contributed by atoms with Crippen molar-refractivity contribution >= 4 is 12.6 Å². The Bertz CT molecular complexity index is 249. The molecular formula is C16H31NOS. The number of hydrogen-bond donors (Lipinski definition) is 2. The highest BCUT2D eigenvalue weighted by molar-refractivity contribution is 7.80. The first-order valence-corrected chi connectivity index (χ1v) is 8.89. The second-order valence-corrected chi connectivity index (χ2v) is 7.02. The highest BCUT2D eigenvalue weighted by atomic mass is 32.1. The van der Waals surface area contributed by atoms with Crippen LogP contribution in [0.5, 0.6) is 0 Å². The summed E-state index contributed by atoms with van der Waals surface area (Å²) in [5, 5.41) is 9.27. The van der Waals surface area contributed by atoms with Gasteiger partial charge in [0, 0.05) is 19.2 Å². The fourth-order valence-electron chi connectivity index (χ4n) is 4.02. The summed E-state index contributed by atoms with van der Waals surface area (Å²) in [5.74, 6) is 1.04. The summed E-state index contributed by atoms with van der Waals surface area (Å²) in [6, 6.07) is 0.624. The second kappa shape index (κ2) is 7.90. The van der Waals surface area contributed by atoms with Crippen LogP contribution in [0.15, 0.2) is 0 Å². The van der Waals surface area contributed by atoms with Crippen molar-refractivity contribution < 1.29 is 5.11 Å². The fourth-order valence-corrected chi connectivity index (χ4v) is 4.44. The van der Waals surface area contributed by atoms with Crippen molar-refractivity contribution in [3.63, 3.8) is 0 Å². The van der Waals surface area contributed by atoms with Gasteiger partial charge in [0.05, 0.1) is 0 Å². The van der Waals surface area contributed by atoms with Crippen LogP contribution in [0.1, 0.15) is 64.2 Å². The summed E-state index contributed by atoms with van der Waals surface area (Å²) in [7, 11) is 0. The normalized spacial score (nSPS) is 29.1. The van der Waals surface area contributed by atoms with E-state index >= 15 is 0 Å². The molecule has 0 spiro atoms. The van der Waals surface area contributed by atoms with Gasteiger partial charge in [-0.15, -0.1) is 0 Å². The molecule has 2 aliphatic rings. The van der Waals surface area contributed by atoms with Gasteiger partial charge in [0.15, 0.2) is 0 Å². The summed E-state index contributed by atoms with van der Waals surface area (Å²) in [4.78, 5) is 2.68. The van der Waals surface area contributed by atoms with Crippen LogP contribution >= 0.6 is 12.6 Å². The maximum atomic E-state index is 9.27. The number of likely N-dealkylation sites (tertiary alicyclic amines) is 1. The minimum Gasteiger partial charge on any atom is -0.396 e. The molecule has 19 heavy (non-hydrogen) atoms. The van der Waals surface area contributed by atoms with Crippen molar-refractivity contribution in [2.75, 3.05) is 25.4 Å². The lowest BCUT2D eigenvalue weighted by molar-refractivity contribution is 0.0675. The zero-order valence-corrected chi connectivity index (χ0v) is 13.2. The van der Waals surface area contributed by atoms with E-state index in [0.717, 1.165) is 12.2 Å². The topological polar surface area (TPSA) is 23.5 Å². The van der Waals surface area contributed by atoms with Crippen molar-refractivity contribution in [1.29, 1.82) is 0 Å². The van der Waals surface area contributed by atoms with Gasteiger partial charge in [-0.2, -0.15) is 12.6 Å². The zero-order chi connectivity index (χ0) is 13.6. The van der Waals surface area contributed by atoms with Crippen molar-refractivity contribution in [3.05, 3.63) is 0 Å². The molecule has 3 heteroatoms. The third-order valence-electron chi connectivity index (χ3n) is 5.25. The Balaban J connectivity index is 1.98. The summed E-state index contributed by atoms with van der Waals surface area (Å²) in [6.45, 7) is 2.80. The van der Waals surface area contributed by atoms with Gasteiger partial charge in [0.25, 0.3) is 0 Å². The highest BCUT2D eigenvalue weighted by Gasteiger charge is 2.34. The molecule has 0 aromatic rings. The maximum Gasteiger partial charge on any atom is 0.0445 e. The monoisotopic (exact) mass is 285 g/mol. The van der Waals surface area contributed by atoms with Gasteiger partial charge in [-0.1, -0.05) is 32.1 Å². The van der Waals surface area contributed by atoms with Crippen LogP contribution in [0.3, 0.4) is 0 Å². The minimum atomic E-state index is 0.342. The fraction of sp³-hybridized carbons (Fsp3) is 1.00. The first-order chi connectivity index (χ1) is 9.29. The molecule has 0 aromatic carbocycles. The molecule has 2 nitrogen and oxygen atoms in total. The van der Waals surface area contributed by atoms with E-state index in [1.54, 1.807) is 0 Å². The van der Waals surface area contributed by atoms with Gasteiger partial charge in [0.1, 0.15) is 0 Å². The SMILES string of the molecule is OCCC1CCCCN1CC1(CS)CCCCCC1. The molecule has 2 fully saturated rings. The molecule has 1 saturated heterocycles. The molecule has 0 amide bonds. The third kappa shape index (κ3) is 4.37. The van der Waals surface area contributed by atoms with E-state index in [-0.39, 0.29) is 0 Å². The number of nitrogens with zero attached hydrogens (tertiary/aromatic N) is 1. The molecular weight excluding hydrogens is 254 g/mol. The lowest BCUT2D eigenvalue weighted by Crippen LogP contribution is -2.47. The van der Waals surface area contributed by atoms with E-state index in [0.29, 0.717) is 18.1 Å². The van der Waals surface area contributed by atoms with Crippen molar-refractivity contribution in [2.24, 2.45) is 5.41 Å². The van der Waals surface area contributed by atoms with Gasteiger partial charge < -0.3 is 5.11 Å². The van der Waals surface area contributed by atoms with E-state index in [1.807, 2.05) is 0 Å². The summed E-state index contributed by atoms with van der Waals surface area (Å²) < 4.78 is 0. The minimum absolute atomic E-state index is 0.342. The van der Waals surface area contributed by atoms with Crippen LogP contribution in [0.2, 0.25) is 0 Å². The van der Waals surface area contributed by atoms with Crippen LogP contribution in [-0.2, 0) is 0 Å². The van der Waals surface area contributed by atoms with Gasteiger partial charge in [-0.3, -0.25) is 4.90 Å². The van der Waals surface area contributed by atoms with Gasteiger partial charge in [0.2, 0.25) is 0 Å². The molecule has 1 saturated carbocycles. The number of rotatable bonds is 5. The smallest absolute Gasteiger partial charge is 0.0445 e. The number of hydrogen-bond acceptors (Lipinski definition) is 3. The summed E-state index contributed by atoms with van der Waals surface area (Å²) in [6.07, 6.45) is 13.2. The Kier molecular flexibility index (Phi) is 6.51. The number of thiol groups is 1. The molecule has 1 N–H and O–H groups in total. The van der Waals surface area contributed by atoms with Gasteiger partial charge in [-0.05, 0) is 49.8 Å². The number of piperidine rings is 1. The van der Waals surface area contributed by atoms with E-state index in [4.69, 9.17) is 12.6 Å². The Hall–Kier alpha value is 0.270. The lowest BCUT2D eigenvalue weighted by atomic mass is 9.80. The standard InChI is InChI=1S/C16H31NOS/c18-12-8-15-7-3-6-11-17(15)13-16(14-19)9-4-1-2-5-10-16/h15,18-19H,1-14H2. The quantitative estimate of drug-likeness (QED) is 0.596. The van der Waals surface area contributed by atoms with Crippen molar-refractivity contribution in [1.82, 2.24) is 4.90 Å². The molecule has 1 atom stereocenters. The summed E-state index contributed by atoms with van der Waals surface area (Å²) in [5.41, 5.74) is 0.449. The Morgan fingerprint density at radius 2 is 1.79 bits per heavy atom. The van der Waals surface area contributed by atoms with Crippen LogP contribution in [0.25, 0.3) is 0 Å². The molecule has 112 valence electrons. The predicted octanol–water partition coefficient (Wildman–Crippen LogP) is 3.49. The largest absolute Gasteiger partial charge is 0.396 e. The van der Waals surface area contributed by atoms with Crippen molar-refractivity contribution in [2.45, 2.75) is 70.3 Å². The second-order valence-electron chi connectivity index (χ2n) is 6.70. The first kappa shape index (κ1) is 15.7.